The van der Waals surface area contributed by atoms with Gasteiger partial charge in [0.15, 0.2) is 0 Å². The molecule has 1 N–H and O–H groups in total. The Morgan fingerprint density at radius 3 is 2.33 bits per heavy atom. The van der Waals surface area contributed by atoms with Gasteiger partial charge in [0.05, 0.1) is 0 Å². The molecular weight excluding hydrogens is 334 g/mol. The highest BCUT2D eigenvalue weighted by atomic mass is 16.1. The van der Waals surface area contributed by atoms with Crippen LogP contribution in [0.5, 0.6) is 0 Å². The van der Waals surface area contributed by atoms with Crippen molar-refractivity contribution in [3.63, 3.8) is 0 Å². The van der Waals surface area contributed by atoms with E-state index in [2.05, 4.69) is 67.1 Å². The van der Waals surface area contributed by atoms with E-state index in [9.17, 15) is 4.79 Å². The first-order chi connectivity index (χ1) is 12.9. The number of amides is 1. The fourth-order valence-corrected chi connectivity index (χ4v) is 4.24. The van der Waals surface area contributed by atoms with Gasteiger partial charge in [0.2, 0.25) is 5.91 Å². The third-order valence-electron chi connectivity index (χ3n) is 6.50. The average molecular weight is 372 g/mol. The minimum atomic E-state index is 0.00836. The van der Waals surface area contributed by atoms with Crippen molar-refractivity contribution in [1.82, 2.24) is 15.1 Å². The van der Waals surface area contributed by atoms with Crippen LogP contribution in [0.25, 0.3) is 0 Å². The largest absolute Gasteiger partial charge is 0.354 e. The van der Waals surface area contributed by atoms with Crippen molar-refractivity contribution < 1.29 is 4.79 Å². The maximum atomic E-state index is 12.7. The van der Waals surface area contributed by atoms with E-state index in [1.165, 1.54) is 24.0 Å². The molecule has 27 heavy (non-hydrogen) atoms. The van der Waals surface area contributed by atoms with E-state index in [1.807, 2.05) is 0 Å². The minimum absolute atomic E-state index is 0.00836. The van der Waals surface area contributed by atoms with Gasteiger partial charge in [-0.05, 0) is 57.6 Å². The monoisotopic (exact) mass is 371 g/mol. The van der Waals surface area contributed by atoms with E-state index in [1.54, 1.807) is 0 Å². The minimum Gasteiger partial charge on any atom is -0.354 e. The Morgan fingerprint density at radius 1 is 1.15 bits per heavy atom. The van der Waals surface area contributed by atoms with Crippen molar-refractivity contribution in [3.05, 3.63) is 35.4 Å². The van der Waals surface area contributed by atoms with Crippen LogP contribution in [-0.4, -0.2) is 60.5 Å². The van der Waals surface area contributed by atoms with Gasteiger partial charge in [0.1, 0.15) is 0 Å². The number of rotatable bonds is 8. The van der Waals surface area contributed by atoms with Crippen LogP contribution >= 0.6 is 0 Å². The molecular formula is C23H37N3O. The number of nitrogens with zero attached hydrogens (tertiary/aromatic N) is 2. The number of carbonyl (C=O) groups is 1. The molecule has 0 bridgehead atoms. The first kappa shape index (κ1) is 20.3. The summed E-state index contributed by atoms with van der Waals surface area (Å²) in [7, 11) is 0. The van der Waals surface area contributed by atoms with Crippen LogP contribution in [-0.2, 0) is 4.79 Å². The Morgan fingerprint density at radius 2 is 1.78 bits per heavy atom. The third-order valence-corrected chi connectivity index (χ3v) is 6.50. The topological polar surface area (TPSA) is 35.6 Å². The van der Waals surface area contributed by atoms with E-state index in [-0.39, 0.29) is 11.4 Å². The van der Waals surface area contributed by atoms with E-state index in [0.717, 1.165) is 39.3 Å². The Labute approximate surface area is 165 Å². The lowest BCUT2D eigenvalue weighted by atomic mass is 9.90. The van der Waals surface area contributed by atoms with E-state index in [0.29, 0.717) is 18.3 Å². The van der Waals surface area contributed by atoms with E-state index >= 15 is 0 Å². The molecule has 0 radical (unpaired) electrons. The third kappa shape index (κ3) is 5.55. The highest BCUT2D eigenvalue weighted by Gasteiger charge is 2.34. The van der Waals surface area contributed by atoms with Crippen molar-refractivity contribution in [2.24, 2.45) is 5.92 Å². The smallest absolute Gasteiger partial charge is 0.220 e. The summed E-state index contributed by atoms with van der Waals surface area (Å²) in [4.78, 5) is 17.7. The average Bonchev–Trinajstić information content (AvgIpc) is 3.50. The molecule has 1 saturated carbocycles. The highest BCUT2D eigenvalue weighted by Crippen LogP contribution is 2.44. The van der Waals surface area contributed by atoms with Gasteiger partial charge < -0.3 is 10.2 Å². The summed E-state index contributed by atoms with van der Waals surface area (Å²) in [5.74, 6) is 1.27. The summed E-state index contributed by atoms with van der Waals surface area (Å²) in [6.07, 6.45) is 3.14. The zero-order chi connectivity index (χ0) is 19.4. The van der Waals surface area contributed by atoms with Gasteiger partial charge in [-0.1, -0.05) is 36.8 Å². The predicted molar refractivity (Wildman–Crippen MR) is 112 cm³/mol. The molecule has 0 aromatic heterocycles. The summed E-state index contributed by atoms with van der Waals surface area (Å²) in [5.41, 5.74) is 2.62. The molecule has 1 aliphatic heterocycles. The molecule has 1 unspecified atom stereocenters. The number of aryl methyl sites for hydroxylation is 1. The van der Waals surface area contributed by atoms with Crippen molar-refractivity contribution in [3.8, 4) is 0 Å². The summed E-state index contributed by atoms with van der Waals surface area (Å²) < 4.78 is 0. The standard InChI is InChI=1S/C23H37N3O/c1-5-25-12-14-26(15-13-25)23(3,4)17-24-22(27)16-21(20-10-11-20)19-8-6-18(2)7-9-19/h6-9,20-21H,5,10-17H2,1-4H3,(H,24,27). The second-order valence-electron chi connectivity index (χ2n) is 9.07. The van der Waals surface area contributed by atoms with Crippen molar-refractivity contribution in [2.45, 2.75) is 58.4 Å². The zero-order valence-electron chi connectivity index (χ0n) is 17.6. The summed E-state index contributed by atoms with van der Waals surface area (Å²) >= 11 is 0. The van der Waals surface area contributed by atoms with Gasteiger partial charge in [-0.3, -0.25) is 9.69 Å². The summed E-state index contributed by atoms with van der Waals surface area (Å²) in [6, 6.07) is 8.76. The molecule has 1 aliphatic carbocycles. The van der Waals surface area contributed by atoms with Crippen LogP contribution in [0.2, 0.25) is 0 Å². The van der Waals surface area contributed by atoms with Crippen LogP contribution < -0.4 is 5.32 Å². The van der Waals surface area contributed by atoms with E-state index in [4.69, 9.17) is 0 Å². The lowest BCUT2D eigenvalue weighted by Crippen LogP contribution is -2.58. The molecule has 1 aromatic carbocycles. The first-order valence-electron chi connectivity index (χ1n) is 10.7. The van der Waals surface area contributed by atoms with Crippen LogP contribution in [0.3, 0.4) is 0 Å². The Hall–Kier alpha value is -1.39. The number of benzene rings is 1. The number of carbonyl (C=O) groups excluding carboxylic acids is 1. The van der Waals surface area contributed by atoms with Crippen LogP contribution in [0, 0.1) is 12.8 Å². The Balaban J connectivity index is 1.51. The summed E-state index contributed by atoms with van der Waals surface area (Å²) in [5, 5.41) is 3.25. The Bertz CT molecular complexity index is 613. The number of hydrogen-bond donors (Lipinski definition) is 1. The van der Waals surface area contributed by atoms with Crippen molar-refractivity contribution in [2.75, 3.05) is 39.3 Å². The lowest BCUT2D eigenvalue weighted by molar-refractivity contribution is -0.122. The molecule has 150 valence electrons. The molecule has 1 aromatic rings. The molecule has 0 spiro atoms. The van der Waals surface area contributed by atoms with Gasteiger partial charge in [0.25, 0.3) is 0 Å². The highest BCUT2D eigenvalue weighted by molar-refractivity contribution is 5.77. The number of hydrogen-bond acceptors (Lipinski definition) is 3. The van der Waals surface area contributed by atoms with E-state index < -0.39 is 0 Å². The van der Waals surface area contributed by atoms with Gasteiger partial charge in [-0.15, -0.1) is 0 Å². The molecule has 3 rings (SSSR count). The predicted octanol–water partition coefficient (Wildman–Crippen LogP) is 3.41. The van der Waals surface area contributed by atoms with Crippen molar-refractivity contribution in [1.29, 1.82) is 0 Å². The molecule has 2 aliphatic rings. The number of likely N-dealkylation sites (N-methyl/N-ethyl adjacent to an activating group) is 1. The maximum Gasteiger partial charge on any atom is 0.220 e. The summed E-state index contributed by atoms with van der Waals surface area (Å²) in [6.45, 7) is 15.2. The van der Waals surface area contributed by atoms with Crippen LogP contribution in [0.1, 0.15) is 57.1 Å². The van der Waals surface area contributed by atoms with Gasteiger partial charge in [-0.25, -0.2) is 0 Å². The number of nitrogens with one attached hydrogen (secondary N) is 1. The molecule has 4 nitrogen and oxygen atoms in total. The maximum absolute atomic E-state index is 12.7. The van der Waals surface area contributed by atoms with Gasteiger partial charge in [0, 0.05) is 44.7 Å². The second kappa shape index (κ2) is 8.74. The normalized spacial score (nSPS) is 20.4. The van der Waals surface area contributed by atoms with Crippen molar-refractivity contribution >= 4 is 5.91 Å². The van der Waals surface area contributed by atoms with Crippen LogP contribution in [0.4, 0.5) is 0 Å². The molecule has 1 saturated heterocycles. The molecule has 2 fully saturated rings. The number of piperazine rings is 1. The quantitative estimate of drug-likeness (QED) is 0.761. The van der Waals surface area contributed by atoms with Crippen LogP contribution in [0.15, 0.2) is 24.3 Å². The van der Waals surface area contributed by atoms with Gasteiger partial charge in [-0.2, -0.15) is 0 Å². The fourth-order valence-electron chi connectivity index (χ4n) is 4.24. The molecule has 1 heterocycles. The molecule has 1 amide bonds. The van der Waals surface area contributed by atoms with Gasteiger partial charge >= 0.3 is 0 Å². The lowest BCUT2D eigenvalue weighted by Gasteiger charge is -2.44. The zero-order valence-corrected chi connectivity index (χ0v) is 17.6. The second-order valence-corrected chi connectivity index (χ2v) is 9.07. The molecule has 4 heteroatoms. The fraction of sp³-hybridized carbons (Fsp3) is 0.696. The Kier molecular flexibility index (Phi) is 6.59. The molecule has 1 atom stereocenters. The first-order valence-corrected chi connectivity index (χ1v) is 10.7. The SMILES string of the molecule is CCN1CCN(C(C)(C)CNC(=O)CC(c2ccc(C)cc2)C2CC2)CC1.